The van der Waals surface area contributed by atoms with E-state index in [2.05, 4.69) is 10.7 Å². The van der Waals surface area contributed by atoms with Crippen molar-refractivity contribution in [2.24, 2.45) is 0 Å². The molecule has 0 bridgehead atoms. The fraction of sp³-hybridized carbons (Fsp3) is 0.467. The summed E-state index contributed by atoms with van der Waals surface area (Å²) in [5, 5.41) is 4.96. The maximum Gasteiger partial charge on any atom is 0.238 e. The second-order valence-corrected chi connectivity index (χ2v) is 5.19. The Morgan fingerprint density at radius 1 is 1.36 bits per heavy atom. The minimum Gasteiger partial charge on any atom is -0.385 e. The number of carbonyl (C=O) groups excluding carboxylic acids is 1. The lowest BCUT2D eigenvalue weighted by atomic mass is 10.1. The number of hydrogen-bond donors (Lipinski definition) is 2. The van der Waals surface area contributed by atoms with E-state index in [1.807, 2.05) is 0 Å². The molecule has 0 saturated heterocycles. The number of halogens is 1. The number of amides is 1. The van der Waals surface area contributed by atoms with Crippen LogP contribution in [0.25, 0.3) is 0 Å². The highest BCUT2D eigenvalue weighted by Crippen LogP contribution is 2.05. The van der Waals surface area contributed by atoms with Gasteiger partial charge in [-0.2, -0.15) is 0 Å². The van der Waals surface area contributed by atoms with Gasteiger partial charge >= 0.3 is 0 Å². The first kappa shape index (κ1) is 18.3. The topological polar surface area (TPSA) is 53.6 Å². The average molecular weight is 327 g/mol. The van der Waals surface area contributed by atoms with Crippen LogP contribution in [-0.4, -0.2) is 43.3 Å². The van der Waals surface area contributed by atoms with Gasteiger partial charge in [0.1, 0.15) is 5.82 Å². The van der Waals surface area contributed by atoms with Gasteiger partial charge in [0, 0.05) is 33.7 Å². The molecule has 5 nitrogen and oxygen atoms in total. The molecule has 0 aliphatic carbocycles. The number of aryl methyl sites for hydroxylation is 1. The highest BCUT2D eigenvalue weighted by molar-refractivity contribution is 7.80. The van der Waals surface area contributed by atoms with Crippen molar-refractivity contribution in [1.82, 2.24) is 15.8 Å². The van der Waals surface area contributed by atoms with Gasteiger partial charge in [0.25, 0.3) is 0 Å². The van der Waals surface area contributed by atoms with Gasteiger partial charge in [-0.05, 0) is 42.8 Å². The molecule has 1 aromatic carbocycles. The lowest BCUT2D eigenvalue weighted by Gasteiger charge is -2.21. The van der Waals surface area contributed by atoms with Crippen LogP contribution in [0.3, 0.4) is 0 Å². The summed E-state index contributed by atoms with van der Waals surface area (Å²) in [6.45, 7) is 1.34. The third kappa shape index (κ3) is 7.33. The van der Waals surface area contributed by atoms with Crippen molar-refractivity contribution >= 4 is 23.2 Å². The van der Waals surface area contributed by atoms with Crippen LogP contribution < -0.4 is 10.7 Å². The van der Waals surface area contributed by atoms with E-state index in [4.69, 9.17) is 17.0 Å². The molecule has 0 fully saturated rings. The molecule has 0 aliphatic rings. The average Bonchev–Trinajstić information content (AvgIpc) is 2.50. The Hall–Kier alpha value is -1.73. The van der Waals surface area contributed by atoms with E-state index in [9.17, 15) is 9.18 Å². The summed E-state index contributed by atoms with van der Waals surface area (Å²) in [6, 6.07) is 6.12. The number of thiocarbonyl (C=S) groups is 1. The Kier molecular flexibility index (Phi) is 8.39. The second kappa shape index (κ2) is 10.1. The van der Waals surface area contributed by atoms with Gasteiger partial charge in [-0.3, -0.25) is 15.2 Å². The first-order valence-electron chi connectivity index (χ1n) is 7.07. The fourth-order valence-electron chi connectivity index (χ4n) is 1.73. The number of carbonyl (C=O) groups is 1. The van der Waals surface area contributed by atoms with Crippen molar-refractivity contribution in [2.75, 3.05) is 27.3 Å². The summed E-state index contributed by atoms with van der Waals surface area (Å²) >= 11 is 5.15. The molecule has 122 valence electrons. The number of nitrogens with zero attached hydrogens (tertiary/aromatic N) is 1. The predicted octanol–water partition coefficient (Wildman–Crippen LogP) is 1.63. The molecule has 22 heavy (non-hydrogen) atoms. The number of hydrazine groups is 1. The van der Waals surface area contributed by atoms with E-state index in [1.165, 1.54) is 17.1 Å². The number of methoxy groups -OCH3 is 1. The molecule has 7 heteroatoms. The zero-order valence-corrected chi connectivity index (χ0v) is 13.7. The normalized spacial score (nSPS) is 10.1. The van der Waals surface area contributed by atoms with Crippen molar-refractivity contribution < 1.29 is 13.9 Å². The highest BCUT2D eigenvalue weighted by atomic mass is 32.1. The van der Waals surface area contributed by atoms with Crippen molar-refractivity contribution in [3.63, 3.8) is 0 Å². The van der Waals surface area contributed by atoms with Gasteiger partial charge in [-0.15, -0.1) is 0 Å². The van der Waals surface area contributed by atoms with Crippen LogP contribution in [0.1, 0.15) is 18.4 Å². The van der Waals surface area contributed by atoms with E-state index in [1.54, 1.807) is 26.3 Å². The summed E-state index contributed by atoms with van der Waals surface area (Å²) in [6.07, 6.45) is 1.69. The van der Waals surface area contributed by atoms with Crippen LogP contribution in [0.5, 0.6) is 0 Å². The minimum atomic E-state index is -0.280. The minimum absolute atomic E-state index is 0.145. The van der Waals surface area contributed by atoms with Crippen LogP contribution in [0.4, 0.5) is 4.39 Å². The molecule has 0 spiro atoms. The van der Waals surface area contributed by atoms with Crippen molar-refractivity contribution in [3.8, 4) is 0 Å². The molecule has 0 unspecified atom stereocenters. The molecular formula is C15H22FN3O2S. The van der Waals surface area contributed by atoms with Crippen molar-refractivity contribution in [3.05, 3.63) is 35.6 Å². The highest BCUT2D eigenvalue weighted by Gasteiger charge is 2.08. The van der Waals surface area contributed by atoms with Crippen LogP contribution in [0.2, 0.25) is 0 Å². The maximum absolute atomic E-state index is 12.8. The van der Waals surface area contributed by atoms with Crippen molar-refractivity contribution in [2.45, 2.75) is 19.3 Å². The van der Waals surface area contributed by atoms with Gasteiger partial charge in [-0.25, -0.2) is 4.39 Å². The Morgan fingerprint density at radius 3 is 2.68 bits per heavy atom. The number of ether oxygens (including phenoxy) is 1. The quantitative estimate of drug-likeness (QED) is 0.453. The third-order valence-electron chi connectivity index (χ3n) is 2.95. The predicted molar refractivity (Wildman–Crippen MR) is 87.7 cm³/mol. The number of benzene rings is 1. The molecule has 1 amide bonds. The SMILES string of the molecule is COCCCNC(=S)N(C)NC(=O)CCc1ccc(F)cc1. The van der Waals surface area contributed by atoms with Crippen LogP contribution in [-0.2, 0) is 16.0 Å². The van der Waals surface area contributed by atoms with Gasteiger partial charge in [0.05, 0.1) is 0 Å². The molecule has 2 N–H and O–H groups in total. The molecular weight excluding hydrogens is 305 g/mol. The van der Waals surface area contributed by atoms with Crippen molar-refractivity contribution in [1.29, 1.82) is 0 Å². The third-order valence-corrected chi connectivity index (χ3v) is 3.37. The Bertz CT molecular complexity index is 482. The molecule has 0 aromatic heterocycles. The van der Waals surface area contributed by atoms with Crippen LogP contribution in [0, 0.1) is 5.82 Å². The summed E-state index contributed by atoms with van der Waals surface area (Å²) in [5.41, 5.74) is 3.60. The Labute approximate surface area is 135 Å². The first-order valence-corrected chi connectivity index (χ1v) is 7.48. The van der Waals surface area contributed by atoms with Gasteiger partial charge < -0.3 is 10.1 Å². The van der Waals surface area contributed by atoms with Gasteiger partial charge in [-0.1, -0.05) is 12.1 Å². The van der Waals surface area contributed by atoms with Gasteiger partial charge in [0.2, 0.25) is 5.91 Å². The first-order chi connectivity index (χ1) is 10.5. The lowest BCUT2D eigenvalue weighted by Crippen LogP contribution is -2.48. The summed E-state index contributed by atoms with van der Waals surface area (Å²) in [5.74, 6) is -0.425. The number of rotatable bonds is 7. The van der Waals surface area contributed by atoms with E-state index in [0.717, 1.165) is 12.0 Å². The molecule has 0 saturated carbocycles. The molecule has 1 aromatic rings. The van der Waals surface area contributed by atoms with Gasteiger partial charge in [0.15, 0.2) is 5.11 Å². The monoisotopic (exact) mass is 327 g/mol. The number of nitrogens with one attached hydrogen (secondary N) is 2. The largest absolute Gasteiger partial charge is 0.385 e. The number of hydrogen-bond acceptors (Lipinski definition) is 3. The van der Waals surface area contributed by atoms with E-state index in [0.29, 0.717) is 31.1 Å². The van der Waals surface area contributed by atoms with E-state index >= 15 is 0 Å². The lowest BCUT2D eigenvalue weighted by molar-refractivity contribution is -0.123. The zero-order valence-electron chi connectivity index (χ0n) is 12.9. The fourth-order valence-corrected chi connectivity index (χ4v) is 1.88. The molecule has 0 radical (unpaired) electrons. The maximum atomic E-state index is 12.8. The summed E-state index contributed by atoms with van der Waals surface area (Å²) < 4.78 is 17.7. The Morgan fingerprint density at radius 2 is 2.05 bits per heavy atom. The second-order valence-electron chi connectivity index (χ2n) is 4.80. The standard InChI is InChI=1S/C15H22FN3O2S/c1-19(15(22)17-10-3-11-21-2)18-14(20)9-6-12-4-7-13(16)8-5-12/h4-5,7-8H,3,6,9-11H2,1-2H3,(H,17,22)(H,18,20). The molecule has 0 atom stereocenters. The summed E-state index contributed by atoms with van der Waals surface area (Å²) in [4.78, 5) is 11.8. The van der Waals surface area contributed by atoms with Crippen LogP contribution in [0.15, 0.2) is 24.3 Å². The molecule has 0 aliphatic heterocycles. The Balaban J connectivity index is 2.25. The molecule has 0 heterocycles. The van der Waals surface area contributed by atoms with Crippen LogP contribution >= 0.6 is 12.2 Å². The smallest absolute Gasteiger partial charge is 0.238 e. The molecule has 1 rings (SSSR count). The van der Waals surface area contributed by atoms with E-state index in [-0.39, 0.29) is 11.7 Å². The summed E-state index contributed by atoms with van der Waals surface area (Å²) in [7, 11) is 3.33. The zero-order chi connectivity index (χ0) is 16.4. The van der Waals surface area contributed by atoms with E-state index < -0.39 is 0 Å².